The molecular weight excluding hydrogens is 514 g/mol. The lowest BCUT2D eigenvalue weighted by Gasteiger charge is -2.36. The number of anilines is 1. The van der Waals surface area contributed by atoms with Gasteiger partial charge in [0.2, 0.25) is 5.91 Å². The number of hydrogen-bond acceptors (Lipinski definition) is 4. The maximum Gasteiger partial charge on any atom is 0.408 e. The van der Waals surface area contributed by atoms with Crippen LogP contribution in [0, 0.1) is 25.2 Å². The van der Waals surface area contributed by atoms with Gasteiger partial charge in [-0.15, -0.1) is 6.42 Å². The summed E-state index contributed by atoms with van der Waals surface area (Å²) in [6, 6.07) is 12.8. The third-order valence-corrected chi connectivity index (χ3v) is 7.04. The van der Waals surface area contributed by atoms with Gasteiger partial charge in [0.15, 0.2) is 0 Å². The first-order valence-corrected chi connectivity index (χ1v) is 14.6. The molecule has 0 fully saturated rings. The maximum atomic E-state index is 14.4. The van der Waals surface area contributed by atoms with Crippen LogP contribution in [0.15, 0.2) is 48.5 Å². The summed E-state index contributed by atoms with van der Waals surface area (Å²) in [5, 5.41) is 5.86. The van der Waals surface area contributed by atoms with Crippen LogP contribution in [-0.4, -0.2) is 41.0 Å². The molecule has 7 heteroatoms. The first-order chi connectivity index (χ1) is 19.4. The number of para-hydroxylation sites is 1. The largest absolute Gasteiger partial charge is 0.444 e. The topological polar surface area (TPSA) is 87.7 Å². The summed E-state index contributed by atoms with van der Waals surface area (Å²) in [5.74, 6) is 1.75. The first-order valence-electron chi connectivity index (χ1n) is 14.6. The second-order valence-corrected chi connectivity index (χ2v) is 11.6. The number of rotatable bonds is 13. The molecule has 0 spiro atoms. The Morgan fingerprint density at radius 2 is 1.66 bits per heavy atom. The molecule has 0 aromatic heterocycles. The van der Waals surface area contributed by atoms with Crippen molar-refractivity contribution in [1.29, 1.82) is 0 Å². The molecule has 0 saturated carbocycles. The van der Waals surface area contributed by atoms with Crippen molar-refractivity contribution in [2.75, 3.05) is 11.9 Å². The molecule has 222 valence electrons. The van der Waals surface area contributed by atoms with Crippen LogP contribution in [0.25, 0.3) is 0 Å². The van der Waals surface area contributed by atoms with E-state index in [-0.39, 0.29) is 17.7 Å². The minimum atomic E-state index is -0.942. The Kier molecular flexibility index (Phi) is 12.9. The maximum absolute atomic E-state index is 14.4. The average molecular weight is 562 g/mol. The van der Waals surface area contributed by atoms with E-state index in [0.29, 0.717) is 29.8 Å². The zero-order chi connectivity index (χ0) is 30.6. The number of ether oxygens (including phenoxy) is 1. The summed E-state index contributed by atoms with van der Waals surface area (Å²) in [6.07, 6.45) is 9.25. The second-order valence-electron chi connectivity index (χ2n) is 11.6. The monoisotopic (exact) mass is 561 g/mol. The van der Waals surface area contributed by atoms with E-state index in [0.717, 1.165) is 31.2 Å². The number of nitrogens with one attached hydrogen (secondary N) is 2. The molecular formula is C34H47N3O4. The standard InChI is InChI=1S/C34H47N3O4/c1-9-12-13-16-23-37(32(39)29(24(4)10-2)36-33(40)41-34(6,7)8)30(27-21-19-26(11-3)20-22-27)31(38)35-28-18-15-14-17-25(28)5/h3,14-15,17-22,24,29-30H,9-10,12-13,16,23H2,1-2,4-8H3,(H,35,38)(H,36,40). The highest BCUT2D eigenvalue weighted by atomic mass is 16.6. The predicted molar refractivity (Wildman–Crippen MR) is 165 cm³/mol. The highest BCUT2D eigenvalue weighted by Crippen LogP contribution is 2.28. The van der Waals surface area contributed by atoms with Crippen LogP contribution in [0.1, 0.15) is 96.4 Å². The molecule has 2 aromatic carbocycles. The summed E-state index contributed by atoms with van der Waals surface area (Å²) in [7, 11) is 0. The number of carbonyl (C=O) groups is 3. The Balaban J connectivity index is 2.58. The van der Waals surface area contributed by atoms with Gasteiger partial charge in [0, 0.05) is 17.8 Å². The number of terminal acetylenes is 1. The van der Waals surface area contributed by atoms with Crippen molar-refractivity contribution in [2.45, 2.75) is 98.3 Å². The number of carbonyl (C=O) groups excluding carboxylic acids is 3. The third kappa shape index (κ3) is 10.3. The number of amides is 3. The molecule has 0 aliphatic heterocycles. The van der Waals surface area contributed by atoms with Crippen molar-refractivity contribution in [2.24, 2.45) is 5.92 Å². The van der Waals surface area contributed by atoms with Gasteiger partial charge in [-0.2, -0.15) is 0 Å². The van der Waals surface area contributed by atoms with Gasteiger partial charge in [0.25, 0.3) is 5.91 Å². The molecule has 0 aliphatic carbocycles. The molecule has 0 saturated heterocycles. The van der Waals surface area contributed by atoms with Crippen LogP contribution < -0.4 is 10.6 Å². The SMILES string of the molecule is C#Cc1ccc(C(C(=O)Nc2ccccc2C)N(CCCCCC)C(=O)C(NC(=O)OC(C)(C)C)C(C)CC)cc1. The number of nitrogens with zero attached hydrogens (tertiary/aromatic N) is 1. The van der Waals surface area contributed by atoms with Crippen LogP contribution >= 0.6 is 0 Å². The molecule has 3 atom stereocenters. The number of hydrogen-bond donors (Lipinski definition) is 2. The summed E-state index contributed by atoms with van der Waals surface area (Å²) >= 11 is 0. The van der Waals surface area contributed by atoms with Gasteiger partial charge in [-0.1, -0.05) is 82.7 Å². The molecule has 2 aromatic rings. The van der Waals surface area contributed by atoms with Crippen LogP contribution in [0.3, 0.4) is 0 Å². The Hall–Kier alpha value is -3.79. The smallest absolute Gasteiger partial charge is 0.408 e. The van der Waals surface area contributed by atoms with Gasteiger partial charge in [-0.25, -0.2) is 4.79 Å². The lowest BCUT2D eigenvalue weighted by Crippen LogP contribution is -2.55. The van der Waals surface area contributed by atoms with Crippen molar-refractivity contribution in [1.82, 2.24) is 10.2 Å². The van der Waals surface area contributed by atoms with Crippen molar-refractivity contribution in [3.8, 4) is 12.3 Å². The number of benzene rings is 2. The van der Waals surface area contributed by atoms with Crippen LogP contribution in [0.2, 0.25) is 0 Å². The van der Waals surface area contributed by atoms with Crippen LogP contribution in [0.4, 0.5) is 10.5 Å². The van der Waals surface area contributed by atoms with Crippen LogP contribution in [0.5, 0.6) is 0 Å². The van der Waals surface area contributed by atoms with Gasteiger partial charge < -0.3 is 20.3 Å². The number of aryl methyl sites for hydroxylation is 1. The van der Waals surface area contributed by atoms with Crippen molar-refractivity contribution >= 4 is 23.6 Å². The van der Waals surface area contributed by atoms with Crippen molar-refractivity contribution < 1.29 is 19.1 Å². The zero-order valence-electron chi connectivity index (χ0n) is 25.8. The van der Waals surface area contributed by atoms with E-state index in [1.165, 1.54) is 0 Å². The highest BCUT2D eigenvalue weighted by Gasteiger charge is 2.38. The van der Waals surface area contributed by atoms with Gasteiger partial charge in [0.05, 0.1) is 0 Å². The molecule has 0 heterocycles. The lowest BCUT2D eigenvalue weighted by atomic mass is 9.95. The normalized spacial score (nSPS) is 13.3. The minimum absolute atomic E-state index is 0.197. The van der Waals surface area contributed by atoms with E-state index in [2.05, 4.69) is 23.5 Å². The van der Waals surface area contributed by atoms with Crippen molar-refractivity contribution in [3.63, 3.8) is 0 Å². The summed E-state index contributed by atoms with van der Waals surface area (Å²) < 4.78 is 5.50. The predicted octanol–water partition coefficient (Wildman–Crippen LogP) is 7.00. The van der Waals surface area contributed by atoms with E-state index < -0.39 is 23.8 Å². The first kappa shape index (κ1) is 33.4. The second kappa shape index (κ2) is 15.9. The zero-order valence-corrected chi connectivity index (χ0v) is 25.8. The van der Waals surface area contributed by atoms with Crippen LogP contribution in [-0.2, 0) is 14.3 Å². The summed E-state index contributed by atoms with van der Waals surface area (Å²) in [4.78, 5) is 42.9. The molecule has 0 aliphatic rings. The summed E-state index contributed by atoms with van der Waals surface area (Å²) in [5.41, 5.74) is 2.18. The number of alkyl carbamates (subject to hydrolysis) is 1. The van der Waals surface area contributed by atoms with Gasteiger partial charge in [-0.3, -0.25) is 9.59 Å². The molecule has 0 radical (unpaired) electrons. The molecule has 0 bridgehead atoms. The fourth-order valence-corrected chi connectivity index (χ4v) is 4.52. The molecule has 2 N–H and O–H groups in total. The van der Waals surface area contributed by atoms with Crippen molar-refractivity contribution in [3.05, 3.63) is 65.2 Å². The van der Waals surface area contributed by atoms with E-state index in [1.807, 2.05) is 45.0 Å². The molecule has 3 unspecified atom stereocenters. The van der Waals surface area contributed by atoms with Gasteiger partial charge in [0.1, 0.15) is 17.7 Å². The molecule has 2 rings (SSSR count). The number of unbranched alkanes of at least 4 members (excludes halogenated alkanes) is 3. The molecule has 7 nitrogen and oxygen atoms in total. The Bertz CT molecular complexity index is 1190. The third-order valence-electron chi connectivity index (χ3n) is 7.04. The Morgan fingerprint density at radius 3 is 2.22 bits per heavy atom. The highest BCUT2D eigenvalue weighted by molar-refractivity contribution is 5.99. The summed E-state index contributed by atoms with van der Waals surface area (Å²) in [6.45, 7) is 13.6. The average Bonchev–Trinajstić information content (AvgIpc) is 2.93. The van der Waals surface area contributed by atoms with E-state index >= 15 is 0 Å². The van der Waals surface area contributed by atoms with E-state index in [4.69, 9.17) is 11.2 Å². The Labute approximate surface area is 246 Å². The van der Waals surface area contributed by atoms with E-state index in [9.17, 15) is 14.4 Å². The minimum Gasteiger partial charge on any atom is -0.444 e. The molecule has 3 amide bonds. The van der Waals surface area contributed by atoms with E-state index in [1.54, 1.807) is 49.9 Å². The quantitative estimate of drug-likeness (QED) is 0.204. The van der Waals surface area contributed by atoms with Gasteiger partial charge >= 0.3 is 6.09 Å². The fourth-order valence-electron chi connectivity index (χ4n) is 4.52. The lowest BCUT2D eigenvalue weighted by molar-refractivity contribution is -0.142. The Morgan fingerprint density at radius 1 is 1.00 bits per heavy atom. The van der Waals surface area contributed by atoms with Gasteiger partial charge in [-0.05, 0) is 69.4 Å². The fraction of sp³-hybridized carbons (Fsp3) is 0.500. The molecule has 41 heavy (non-hydrogen) atoms.